The molecular formula is C17H21N3. The Bertz CT molecular complexity index is 584. The fraction of sp³-hybridized carbons (Fsp3) is 0.353. The Labute approximate surface area is 120 Å². The van der Waals surface area contributed by atoms with Crippen LogP contribution in [0.4, 0.5) is 5.82 Å². The average Bonchev–Trinajstić information content (AvgIpc) is 3.02. The standard InChI is InChI=1S/C17H21N3/c1-13-4-5-14(10-16(13)11-18)15-6-7-17(19-12-15)20-8-2-3-9-20/h4-7,10,12H,2-3,8-9,11,18H2,1H3. The topological polar surface area (TPSA) is 42.2 Å². The second-order valence-corrected chi connectivity index (χ2v) is 5.44. The Morgan fingerprint density at radius 3 is 2.50 bits per heavy atom. The molecule has 0 unspecified atom stereocenters. The number of aromatic nitrogens is 1. The fourth-order valence-electron chi connectivity index (χ4n) is 2.76. The predicted octanol–water partition coefficient (Wildman–Crippen LogP) is 3.12. The van der Waals surface area contributed by atoms with Gasteiger partial charge in [0.25, 0.3) is 0 Å². The summed E-state index contributed by atoms with van der Waals surface area (Å²) >= 11 is 0. The van der Waals surface area contributed by atoms with Crippen molar-refractivity contribution in [1.82, 2.24) is 4.98 Å². The minimum absolute atomic E-state index is 0.582. The van der Waals surface area contributed by atoms with Crippen LogP contribution in [0, 0.1) is 6.92 Å². The molecule has 0 aliphatic carbocycles. The van der Waals surface area contributed by atoms with E-state index < -0.39 is 0 Å². The number of pyridine rings is 1. The molecule has 104 valence electrons. The van der Waals surface area contributed by atoms with Gasteiger partial charge in [-0.3, -0.25) is 0 Å². The first kappa shape index (κ1) is 13.1. The normalized spacial score (nSPS) is 14.8. The highest BCUT2D eigenvalue weighted by atomic mass is 15.2. The van der Waals surface area contributed by atoms with Crippen molar-refractivity contribution in [2.45, 2.75) is 26.3 Å². The Morgan fingerprint density at radius 2 is 1.85 bits per heavy atom. The van der Waals surface area contributed by atoms with Crippen LogP contribution < -0.4 is 10.6 Å². The average molecular weight is 267 g/mol. The zero-order valence-corrected chi connectivity index (χ0v) is 12.0. The SMILES string of the molecule is Cc1ccc(-c2ccc(N3CCCC3)nc2)cc1CN. The lowest BCUT2D eigenvalue weighted by Crippen LogP contribution is -2.18. The number of rotatable bonds is 3. The summed E-state index contributed by atoms with van der Waals surface area (Å²) in [5.41, 5.74) is 10.6. The van der Waals surface area contributed by atoms with Crippen LogP contribution in [0.25, 0.3) is 11.1 Å². The summed E-state index contributed by atoms with van der Waals surface area (Å²) in [6, 6.07) is 10.7. The molecule has 3 heteroatoms. The van der Waals surface area contributed by atoms with Crippen molar-refractivity contribution in [1.29, 1.82) is 0 Å². The van der Waals surface area contributed by atoms with Crippen LogP contribution in [0.15, 0.2) is 36.5 Å². The molecule has 3 nitrogen and oxygen atoms in total. The monoisotopic (exact) mass is 267 g/mol. The Balaban J connectivity index is 1.87. The lowest BCUT2D eigenvalue weighted by Gasteiger charge is -2.16. The lowest BCUT2D eigenvalue weighted by atomic mass is 10.0. The van der Waals surface area contributed by atoms with Gasteiger partial charge < -0.3 is 10.6 Å². The summed E-state index contributed by atoms with van der Waals surface area (Å²) in [5.74, 6) is 1.09. The number of nitrogens with zero attached hydrogens (tertiary/aromatic N) is 2. The van der Waals surface area contributed by atoms with Gasteiger partial charge in [0.15, 0.2) is 0 Å². The lowest BCUT2D eigenvalue weighted by molar-refractivity contribution is 0.938. The van der Waals surface area contributed by atoms with Gasteiger partial charge in [0.1, 0.15) is 5.82 Å². The van der Waals surface area contributed by atoms with Crippen LogP contribution in [-0.2, 0) is 6.54 Å². The second-order valence-electron chi connectivity index (χ2n) is 5.44. The van der Waals surface area contributed by atoms with Gasteiger partial charge in [-0.15, -0.1) is 0 Å². The molecule has 20 heavy (non-hydrogen) atoms. The molecule has 0 bridgehead atoms. The van der Waals surface area contributed by atoms with Crippen molar-refractivity contribution in [3.8, 4) is 11.1 Å². The zero-order chi connectivity index (χ0) is 13.9. The summed E-state index contributed by atoms with van der Waals surface area (Å²) < 4.78 is 0. The van der Waals surface area contributed by atoms with Crippen LogP contribution in [0.3, 0.4) is 0 Å². The van der Waals surface area contributed by atoms with E-state index in [-0.39, 0.29) is 0 Å². The minimum Gasteiger partial charge on any atom is -0.357 e. The molecule has 0 radical (unpaired) electrons. The number of anilines is 1. The highest BCUT2D eigenvalue weighted by Crippen LogP contribution is 2.24. The molecule has 0 spiro atoms. The molecule has 0 saturated carbocycles. The Kier molecular flexibility index (Phi) is 3.70. The van der Waals surface area contributed by atoms with Crippen LogP contribution in [-0.4, -0.2) is 18.1 Å². The van der Waals surface area contributed by atoms with Crippen molar-refractivity contribution in [2.24, 2.45) is 5.73 Å². The molecule has 1 aromatic carbocycles. The van der Waals surface area contributed by atoms with E-state index in [2.05, 4.69) is 47.1 Å². The van der Waals surface area contributed by atoms with Gasteiger partial charge in [0.2, 0.25) is 0 Å². The van der Waals surface area contributed by atoms with E-state index in [0.29, 0.717) is 6.54 Å². The van der Waals surface area contributed by atoms with Gasteiger partial charge in [0, 0.05) is 31.4 Å². The molecule has 3 rings (SSSR count). The molecule has 0 amide bonds. The molecule has 2 heterocycles. The summed E-state index contributed by atoms with van der Waals surface area (Å²) in [6.45, 7) is 4.95. The Morgan fingerprint density at radius 1 is 1.10 bits per heavy atom. The first-order valence-electron chi connectivity index (χ1n) is 7.29. The maximum atomic E-state index is 5.78. The molecule has 1 aliphatic heterocycles. The van der Waals surface area contributed by atoms with Crippen LogP contribution in [0.2, 0.25) is 0 Å². The third-order valence-corrected chi connectivity index (χ3v) is 4.08. The van der Waals surface area contributed by atoms with Gasteiger partial charge in [-0.2, -0.15) is 0 Å². The maximum absolute atomic E-state index is 5.78. The van der Waals surface area contributed by atoms with Crippen molar-refractivity contribution in [3.63, 3.8) is 0 Å². The van der Waals surface area contributed by atoms with E-state index in [1.54, 1.807) is 0 Å². The van der Waals surface area contributed by atoms with E-state index >= 15 is 0 Å². The van der Waals surface area contributed by atoms with Gasteiger partial charge >= 0.3 is 0 Å². The van der Waals surface area contributed by atoms with Gasteiger partial charge in [-0.05, 0) is 54.7 Å². The molecule has 1 fully saturated rings. The van der Waals surface area contributed by atoms with Crippen molar-refractivity contribution in [3.05, 3.63) is 47.7 Å². The van der Waals surface area contributed by atoms with E-state index in [4.69, 9.17) is 5.73 Å². The summed E-state index contributed by atoms with van der Waals surface area (Å²) in [6.07, 6.45) is 4.53. The molecule has 1 aliphatic rings. The van der Waals surface area contributed by atoms with Crippen LogP contribution in [0.1, 0.15) is 24.0 Å². The largest absolute Gasteiger partial charge is 0.357 e. The van der Waals surface area contributed by atoms with Crippen LogP contribution >= 0.6 is 0 Å². The number of hydrogen-bond donors (Lipinski definition) is 1. The van der Waals surface area contributed by atoms with Crippen molar-refractivity contribution < 1.29 is 0 Å². The fourth-order valence-corrected chi connectivity index (χ4v) is 2.76. The second kappa shape index (κ2) is 5.63. The summed E-state index contributed by atoms with van der Waals surface area (Å²) in [4.78, 5) is 6.96. The molecule has 0 atom stereocenters. The highest BCUT2D eigenvalue weighted by Gasteiger charge is 2.13. The number of nitrogens with two attached hydrogens (primary N) is 1. The summed E-state index contributed by atoms with van der Waals surface area (Å²) in [7, 11) is 0. The minimum atomic E-state index is 0.582. The van der Waals surface area contributed by atoms with E-state index in [1.807, 2.05) is 6.20 Å². The zero-order valence-electron chi connectivity index (χ0n) is 12.0. The smallest absolute Gasteiger partial charge is 0.128 e. The Hall–Kier alpha value is -1.87. The molecule has 1 aromatic heterocycles. The van der Waals surface area contributed by atoms with Crippen molar-refractivity contribution >= 4 is 5.82 Å². The third kappa shape index (κ3) is 2.54. The first-order valence-corrected chi connectivity index (χ1v) is 7.29. The van der Waals surface area contributed by atoms with Gasteiger partial charge in [-0.1, -0.05) is 12.1 Å². The number of aryl methyl sites for hydroxylation is 1. The predicted molar refractivity (Wildman–Crippen MR) is 83.7 cm³/mol. The molecule has 2 aromatic rings. The maximum Gasteiger partial charge on any atom is 0.128 e. The number of hydrogen-bond acceptors (Lipinski definition) is 3. The first-order chi connectivity index (χ1) is 9.78. The van der Waals surface area contributed by atoms with E-state index in [9.17, 15) is 0 Å². The molecule has 1 saturated heterocycles. The van der Waals surface area contributed by atoms with Crippen LogP contribution in [0.5, 0.6) is 0 Å². The summed E-state index contributed by atoms with van der Waals surface area (Å²) in [5, 5.41) is 0. The van der Waals surface area contributed by atoms with Crippen molar-refractivity contribution in [2.75, 3.05) is 18.0 Å². The highest BCUT2D eigenvalue weighted by molar-refractivity contribution is 5.65. The van der Waals surface area contributed by atoms with E-state index in [1.165, 1.54) is 29.5 Å². The van der Waals surface area contributed by atoms with Gasteiger partial charge in [0.05, 0.1) is 0 Å². The van der Waals surface area contributed by atoms with Gasteiger partial charge in [-0.25, -0.2) is 4.98 Å². The quantitative estimate of drug-likeness (QED) is 0.929. The molecular weight excluding hydrogens is 246 g/mol. The molecule has 2 N–H and O–H groups in total. The number of benzene rings is 1. The van der Waals surface area contributed by atoms with E-state index in [0.717, 1.165) is 24.5 Å². The third-order valence-electron chi connectivity index (χ3n) is 4.08.